The molecule has 0 aliphatic carbocycles. The van der Waals surface area contributed by atoms with Gasteiger partial charge in [0.05, 0.1) is 24.4 Å². The summed E-state index contributed by atoms with van der Waals surface area (Å²) in [4.78, 5) is 35.2. The number of carboxylic acids is 2. The summed E-state index contributed by atoms with van der Waals surface area (Å²) in [6, 6.07) is 30.3. The zero-order valence-electron chi connectivity index (χ0n) is 25.7. The van der Waals surface area contributed by atoms with Crippen molar-refractivity contribution < 1.29 is 39.2 Å². The van der Waals surface area contributed by atoms with Crippen LogP contribution >= 0.6 is 11.8 Å². The first-order valence-corrected chi connectivity index (χ1v) is 16.4. The fraction of sp³-hybridized carbons (Fsp3) is 0.270. The lowest BCUT2D eigenvalue weighted by atomic mass is 9.97. The van der Waals surface area contributed by atoms with Gasteiger partial charge >= 0.3 is 11.9 Å². The van der Waals surface area contributed by atoms with Gasteiger partial charge in [0, 0.05) is 42.0 Å². The van der Waals surface area contributed by atoms with Gasteiger partial charge in [0.25, 0.3) is 0 Å². The van der Waals surface area contributed by atoms with Crippen LogP contribution in [0.2, 0.25) is 0 Å². The number of aliphatic hydroxyl groups excluding tert-OH is 1. The zero-order valence-corrected chi connectivity index (χ0v) is 26.5. The number of hydrogen-bond donors (Lipinski definition) is 4. The molecule has 9 nitrogen and oxygen atoms in total. The Hall–Kier alpha value is -4.48. The van der Waals surface area contributed by atoms with Crippen LogP contribution in [0.1, 0.15) is 70.7 Å². The second-order valence-electron chi connectivity index (χ2n) is 11.3. The molecule has 1 fully saturated rings. The smallest absolute Gasteiger partial charge is 0.335 e. The highest BCUT2D eigenvalue weighted by Gasteiger charge is 2.32. The number of carboxylic acid groups (broad SMARTS) is 2. The number of aliphatic hydroxyl groups is 1. The topological polar surface area (TPSA) is 142 Å². The van der Waals surface area contributed by atoms with Crippen molar-refractivity contribution in [1.82, 2.24) is 5.32 Å². The predicted octanol–water partition coefficient (Wildman–Crippen LogP) is 6.75. The van der Waals surface area contributed by atoms with Gasteiger partial charge < -0.3 is 30.1 Å². The number of ether oxygens (including phenoxy) is 2. The van der Waals surface area contributed by atoms with E-state index in [1.54, 1.807) is 36.0 Å². The molecular formula is C37H37NO8S. The molecule has 10 heteroatoms. The van der Waals surface area contributed by atoms with Gasteiger partial charge in [-0.05, 0) is 58.5 Å². The van der Waals surface area contributed by atoms with Gasteiger partial charge in [0.15, 0.2) is 6.29 Å². The monoisotopic (exact) mass is 655 g/mol. The largest absolute Gasteiger partial charge is 0.481 e. The van der Waals surface area contributed by atoms with E-state index in [1.807, 2.05) is 72.8 Å². The molecule has 5 rings (SSSR count). The average molecular weight is 656 g/mol. The lowest BCUT2D eigenvalue weighted by Crippen LogP contribution is -2.31. The summed E-state index contributed by atoms with van der Waals surface area (Å²) in [6.07, 6.45) is 0.0328. The summed E-state index contributed by atoms with van der Waals surface area (Å²) in [5.41, 5.74) is 5.79. The van der Waals surface area contributed by atoms with E-state index < -0.39 is 18.2 Å². The van der Waals surface area contributed by atoms with E-state index >= 15 is 0 Å². The van der Waals surface area contributed by atoms with Crippen molar-refractivity contribution in [3.63, 3.8) is 0 Å². The van der Waals surface area contributed by atoms with Crippen molar-refractivity contribution >= 4 is 29.6 Å². The third kappa shape index (κ3) is 9.52. The number of carbonyl (C=O) groups is 3. The van der Waals surface area contributed by atoms with Crippen LogP contribution in [-0.4, -0.2) is 45.0 Å². The Labute approximate surface area is 277 Å². The van der Waals surface area contributed by atoms with Crippen LogP contribution in [0.15, 0.2) is 102 Å². The number of hydrogen-bond acceptors (Lipinski definition) is 7. The molecule has 0 radical (unpaired) electrons. The van der Waals surface area contributed by atoms with Crippen LogP contribution in [0.3, 0.4) is 0 Å². The highest BCUT2D eigenvalue weighted by atomic mass is 32.2. The minimum atomic E-state index is -0.960. The molecule has 4 aromatic carbocycles. The van der Waals surface area contributed by atoms with Crippen molar-refractivity contribution in [2.45, 2.75) is 62.2 Å². The van der Waals surface area contributed by atoms with Crippen molar-refractivity contribution in [3.8, 4) is 11.1 Å². The van der Waals surface area contributed by atoms with Gasteiger partial charge in [-0.3, -0.25) is 9.59 Å². The number of aromatic carboxylic acids is 1. The van der Waals surface area contributed by atoms with E-state index in [1.165, 1.54) is 0 Å². The molecule has 0 spiro atoms. The molecule has 47 heavy (non-hydrogen) atoms. The Morgan fingerprint density at radius 2 is 1.51 bits per heavy atom. The van der Waals surface area contributed by atoms with Gasteiger partial charge in [-0.25, -0.2) is 4.79 Å². The SMILES string of the molecule is O=C(O)CCCC(=O)NCc1ccccc1-c1ccc([C@@H]2O[C@H](CSc3ccc(C(=O)O)cc3)C[C@H](c3ccc(CO)cc3)O2)cc1. The fourth-order valence-corrected chi connectivity index (χ4v) is 6.29. The second kappa shape index (κ2) is 16.4. The number of rotatable bonds is 14. The summed E-state index contributed by atoms with van der Waals surface area (Å²) in [5, 5.41) is 30.4. The molecule has 1 aliphatic heterocycles. The van der Waals surface area contributed by atoms with Crippen molar-refractivity contribution in [1.29, 1.82) is 0 Å². The normalized spacial score (nSPS) is 17.6. The summed E-state index contributed by atoms with van der Waals surface area (Å²) >= 11 is 1.60. The van der Waals surface area contributed by atoms with Gasteiger partial charge in [0.2, 0.25) is 5.91 Å². The first kappa shape index (κ1) is 33.9. The molecule has 1 aliphatic rings. The number of amides is 1. The summed E-state index contributed by atoms with van der Waals surface area (Å²) in [6.45, 7) is 0.292. The van der Waals surface area contributed by atoms with Crippen molar-refractivity contribution in [3.05, 3.63) is 125 Å². The highest BCUT2D eigenvalue weighted by Crippen LogP contribution is 2.40. The third-order valence-electron chi connectivity index (χ3n) is 7.93. The lowest BCUT2D eigenvalue weighted by molar-refractivity contribution is -0.245. The quantitative estimate of drug-likeness (QED) is 0.109. The fourth-order valence-electron chi connectivity index (χ4n) is 5.36. The van der Waals surface area contributed by atoms with E-state index in [0.717, 1.165) is 38.3 Å². The summed E-state index contributed by atoms with van der Waals surface area (Å²) < 4.78 is 13.0. The molecule has 0 saturated carbocycles. The molecule has 0 aromatic heterocycles. The van der Waals surface area contributed by atoms with Gasteiger partial charge in [-0.2, -0.15) is 0 Å². The molecular weight excluding hydrogens is 618 g/mol. The Morgan fingerprint density at radius 1 is 0.809 bits per heavy atom. The highest BCUT2D eigenvalue weighted by molar-refractivity contribution is 7.99. The van der Waals surface area contributed by atoms with E-state index in [2.05, 4.69) is 5.32 Å². The second-order valence-corrected chi connectivity index (χ2v) is 12.4. The van der Waals surface area contributed by atoms with Gasteiger partial charge in [0.1, 0.15) is 0 Å². The van der Waals surface area contributed by atoms with E-state index in [-0.39, 0.29) is 43.1 Å². The molecule has 1 amide bonds. The number of carbonyl (C=O) groups excluding carboxylic acids is 1. The minimum Gasteiger partial charge on any atom is -0.481 e. The number of thioether (sulfide) groups is 1. The Kier molecular flexibility index (Phi) is 11.8. The van der Waals surface area contributed by atoms with E-state index in [4.69, 9.17) is 14.6 Å². The first-order valence-electron chi connectivity index (χ1n) is 15.4. The summed E-state index contributed by atoms with van der Waals surface area (Å²) in [7, 11) is 0. The van der Waals surface area contributed by atoms with Crippen LogP contribution < -0.4 is 5.32 Å². The van der Waals surface area contributed by atoms with Crippen LogP contribution in [0, 0.1) is 0 Å². The molecule has 244 valence electrons. The molecule has 1 heterocycles. The van der Waals surface area contributed by atoms with Crippen molar-refractivity contribution in [2.24, 2.45) is 0 Å². The zero-order chi connectivity index (χ0) is 33.2. The molecule has 0 unspecified atom stereocenters. The Bertz CT molecular complexity index is 1660. The predicted molar refractivity (Wildman–Crippen MR) is 178 cm³/mol. The first-order chi connectivity index (χ1) is 22.8. The number of benzene rings is 4. The maximum Gasteiger partial charge on any atom is 0.335 e. The standard InChI is InChI=1S/C37H37NO8S/c39-22-24-8-10-26(11-9-24)33-20-30(23-47-31-18-16-27(17-19-31)36(43)44)45-37(46-33)28-14-12-25(13-15-28)32-5-2-1-4-29(32)21-38-34(40)6-3-7-35(41)42/h1-2,4-5,8-19,30,33,37,39H,3,6-7,20-23H2,(H,38,40)(H,41,42)(H,43,44)/t30-,33+,37+/m0/s1. The molecule has 4 N–H and O–H groups in total. The van der Waals surface area contributed by atoms with Crippen LogP contribution in [0.25, 0.3) is 11.1 Å². The molecule has 3 atom stereocenters. The lowest BCUT2D eigenvalue weighted by Gasteiger charge is -2.36. The van der Waals surface area contributed by atoms with Crippen LogP contribution in [0.5, 0.6) is 0 Å². The molecule has 1 saturated heterocycles. The maximum atomic E-state index is 12.3. The van der Waals surface area contributed by atoms with Crippen molar-refractivity contribution in [2.75, 3.05) is 5.75 Å². The van der Waals surface area contributed by atoms with Gasteiger partial charge in [-0.15, -0.1) is 11.8 Å². The third-order valence-corrected chi connectivity index (χ3v) is 9.08. The summed E-state index contributed by atoms with van der Waals surface area (Å²) in [5.74, 6) is -1.42. The Balaban J connectivity index is 1.29. The number of aliphatic carboxylic acids is 1. The minimum absolute atomic E-state index is 0.0356. The van der Waals surface area contributed by atoms with Crippen LogP contribution in [0.4, 0.5) is 0 Å². The van der Waals surface area contributed by atoms with Crippen LogP contribution in [-0.2, 0) is 32.2 Å². The van der Waals surface area contributed by atoms with E-state index in [9.17, 15) is 24.6 Å². The molecule has 0 bridgehead atoms. The Morgan fingerprint density at radius 3 is 2.19 bits per heavy atom. The van der Waals surface area contributed by atoms with Gasteiger partial charge in [-0.1, -0.05) is 72.8 Å². The maximum absolute atomic E-state index is 12.3. The molecule has 4 aromatic rings. The number of nitrogens with one attached hydrogen (secondary N) is 1. The average Bonchev–Trinajstić information content (AvgIpc) is 3.10. The van der Waals surface area contributed by atoms with E-state index in [0.29, 0.717) is 25.1 Å².